The van der Waals surface area contributed by atoms with E-state index < -0.39 is 54.8 Å². The van der Waals surface area contributed by atoms with Crippen molar-refractivity contribution in [3.05, 3.63) is 17.5 Å². The number of aromatic nitrogens is 2. The second kappa shape index (κ2) is 7.29. The van der Waals surface area contributed by atoms with Crippen molar-refractivity contribution < 1.29 is 40.7 Å². The van der Waals surface area contributed by atoms with Crippen molar-refractivity contribution >= 4 is 12.0 Å². The van der Waals surface area contributed by atoms with Crippen molar-refractivity contribution in [2.75, 3.05) is 13.2 Å². The fourth-order valence-corrected chi connectivity index (χ4v) is 1.77. The normalized spacial score (nSPS) is 13.5. The lowest BCUT2D eigenvalue weighted by atomic mass is 10.2. The zero-order valence-electron chi connectivity index (χ0n) is 13.0. The van der Waals surface area contributed by atoms with Crippen molar-refractivity contribution in [3.63, 3.8) is 0 Å². The number of rotatable bonds is 4. The van der Waals surface area contributed by atoms with E-state index in [-0.39, 0.29) is 4.90 Å². The van der Waals surface area contributed by atoms with Gasteiger partial charge in [0.05, 0.1) is 11.6 Å². The molecule has 0 unspecified atom stereocenters. The number of hydrogen-bond donors (Lipinski definition) is 1. The molecule has 142 valence electrons. The van der Waals surface area contributed by atoms with Crippen LogP contribution in [0.4, 0.5) is 31.1 Å². The standard InChI is InChI=1S/C12H14F6N4O3/c1-6(3-19)22(10(24)25-5-11(13,14)15)9(23)7-4-21(2)20-8(7)12(16,17)18/h4,6H,3,5,19H2,1-2H3/t6-/m0/s1. The predicted octanol–water partition coefficient (Wildman–Crippen LogP) is 1.93. The quantitative estimate of drug-likeness (QED) is 0.811. The maximum Gasteiger partial charge on any atom is 0.435 e. The van der Waals surface area contributed by atoms with Crippen LogP contribution in [-0.2, 0) is 18.0 Å². The van der Waals surface area contributed by atoms with Crippen LogP contribution in [0.5, 0.6) is 0 Å². The van der Waals surface area contributed by atoms with Gasteiger partial charge in [-0.05, 0) is 6.92 Å². The zero-order valence-corrected chi connectivity index (χ0v) is 13.0. The SMILES string of the molecule is C[C@@H](CN)N(C(=O)OCC(F)(F)F)C(=O)c1cn(C)nc1C(F)(F)F. The first-order valence-electron chi connectivity index (χ1n) is 6.66. The molecule has 0 saturated heterocycles. The Labute approximate surface area is 137 Å². The van der Waals surface area contributed by atoms with Crippen molar-refractivity contribution in [1.29, 1.82) is 0 Å². The summed E-state index contributed by atoms with van der Waals surface area (Å²) in [5, 5.41) is 3.10. The van der Waals surface area contributed by atoms with Gasteiger partial charge in [0.25, 0.3) is 5.91 Å². The fraction of sp³-hybridized carbons (Fsp3) is 0.583. The van der Waals surface area contributed by atoms with Gasteiger partial charge >= 0.3 is 18.4 Å². The second-order valence-corrected chi connectivity index (χ2v) is 4.99. The summed E-state index contributed by atoms with van der Waals surface area (Å²) in [5.74, 6) is -1.52. The summed E-state index contributed by atoms with van der Waals surface area (Å²) < 4.78 is 79.9. The average Bonchev–Trinajstić information content (AvgIpc) is 2.86. The monoisotopic (exact) mass is 376 g/mol. The Morgan fingerprint density at radius 1 is 1.32 bits per heavy atom. The highest BCUT2D eigenvalue weighted by molar-refractivity contribution is 6.04. The van der Waals surface area contributed by atoms with Crippen LogP contribution in [0.15, 0.2) is 6.20 Å². The van der Waals surface area contributed by atoms with Crippen LogP contribution in [0.2, 0.25) is 0 Å². The summed E-state index contributed by atoms with van der Waals surface area (Å²) in [5.41, 5.74) is 2.67. The summed E-state index contributed by atoms with van der Waals surface area (Å²) >= 11 is 0. The van der Waals surface area contributed by atoms with Crippen LogP contribution in [0.3, 0.4) is 0 Å². The van der Waals surface area contributed by atoms with Crippen LogP contribution in [0.1, 0.15) is 23.0 Å². The van der Waals surface area contributed by atoms with Crippen LogP contribution in [0, 0.1) is 0 Å². The highest BCUT2D eigenvalue weighted by Crippen LogP contribution is 2.31. The van der Waals surface area contributed by atoms with Gasteiger partial charge in [0.15, 0.2) is 12.3 Å². The first-order chi connectivity index (χ1) is 11.3. The molecule has 0 aliphatic rings. The highest BCUT2D eigenvalue weighted by Gasteiger charge is 2.42. The van der Waals surface area contributed by atoms with E-state index in [1.54, 1.807) is 0 Å². The first kappa shape index (κ1) is 20.7. The van der Waals surface area contributed by atoms with Gasteiger partial charge in [-0.3, -0.25) is 9.48 Å². The minimum Gasteiger partial charge on any atom is -0.439 e. The third-order valence-corrected chi connectivity index (χ3v) is 2.88. The molecule has 1 heterocycles. The van der Waals surface area contributed by atoms with Crippen LogP contribution >= 0.6 is 0 Å². The van der Waals surface area contributed by atoms with Gasteiger partial charge in [0.2, 0.25) is 0 Å². The number of alkyl halides is 6. The van der Waals surface area contributed by atoms with Gasteiger partial charge in [0, 0.05) is 19.8 Å². The molecular weight excluding hydrogens is 362 g/mol. The number of imide groups is 1. The number of hydrogen-bond acceptors (Lipinski definition) is 5. The molecule has 0 bridgehead atoms. The number of carbonyl (C=O) groups excluding carboxylic acids is 2. The predicted molar refractivity (Wildman–Crippen MR) is 70.3 cm³/mol. The van der Waals surface area contributed by atoms with E-state index in [9.17, 15) is 35.9 Å². The third kappa shape index (κ3) is 5.34. The maximum atomic E-state index is 12.9. The molecule has 0 saturated carbocycles. The van der Waals surface area contributed by atoms with Crippen molar-refractivity contribution in [2.45, 2.75) is 25.3 Å². The topological polar surface area (TPSA) is 90.5 Å². The summed E-state index contributed by atoms with van der Waals surface area (Å²) in [7, 11) is 1.10. The fourth-order valence-electron chi connectivity index (χ4n) is 1.77. The number of amides is 2. The van der Waals surface area contributed by atoms with Crippen LogP contribution in [-0.4, -0.2) is 52.1 Å². The molecule has 0 radical (unpaired) electrons. The molecule has 0 spiro atoms. The second-order valence-electron chi connectivity index (χ2n) is 4.99. The Morgan fingerprint density at radius 2 is 1.88 bits per heavy atom. The molecule has 0 fully saturated rings. The summed E-state index contributed by atoms with van der Waals surface area (Å²) in [6.07, 6.45) is -11.0. The Hall–Kier alpha value is -2.31. The van der Waals surface area contributed by atoms with E-state index in [1.807, 2.05) is 0 Å². The minimum absolute atomic E-state index is 0.0952. The Bertz CT molecular complexity index is 640. The highest BCUT2D eigenvalue weighted by atomic mass is 19.4. The number of aryl methyl sites for hydroxylation is 1. The molecule has 1 rings (SSSR count). The molecule has 0 aliphatic heterocycles. The van der Waals surface area contributed by atoms with E-state index in [0.717, 1.165) is 14.0 Å². The van der Waals surface area contributed by atoms with E-state index in [2.05, 4.69) is 9.84 Å². The van der Waals surface area contributed by atoms with E-state index in [4.69, 9.17) is 5.73 Å². The molecule has 2 N–H and O–H groups in total. The summed E-state index contributed by atoms with van der Waals surface area (Å²) in [6, 6.07) is -1.21. The van der Waals surface area contributed by atoms with Gasteiger partial charge in [-0.15, -0.1) is 0 Å². The molecule has 25 heavy (non-hydrogen) atoms. The summed E-state index contributed by atoms with van der Waals surface area (Å²) in [4.78, 5) is 24.2. The Morgan fingerprint density at radius 3 is 2.32 bits per heavy atom. The first-order valence-corrected chi connectivity index (χ1v) is 6.66. The molecule has 1 aromatic heterocycles. The molecule has 13 heteroatoms. The lowest BCUT2D eigenvalue weighted by Gasteiger charge is -2.26. The smallest absolute Gasteiger partial charge is 0.435 e. The molecule has 0 aromatic carbocycles. The van der Waals surface area contributed by atoms with Crippen molar-refractivity contribution in [1.82, 2.24) is 14.7 Å². The lowest BCUT2D eigenvalue weighted by molar-refractivity contribution is -0.162. The number of ether oxygens (including phenoxy) is 1. The number of carbonyl (C=O) groups is 2. The van der Waals surface area contributed by atoms with E-state index in [1.165, 1.54) is 0 Å². The van der Waals surface area contributed by atoms with Gasteiger partial charge in [-0.2, -0.15) is 31.4 Å². The molecule has 1 atom stereocenters. The van der Waals surface area contributed by atoms with Gasteiger partial charge in [0.1, 0.15) is 0 Å². The van der Waals surface area contributed by atoms with Gasteiger partial charge in [-0.25, -0.2) is 9.69 Å². The minimum atomic E-state index is -5.01. The molecule has 1 aromatic rings. The molecule has 7 nitrogen and oxygen atoms in total. The van der Waals surface area contributed by atoms with Crippen LogP contribution < -0.4 is 5.73 Å². The van der Waals surface area contributed by atoms with E-state index in [0.29, 0.717) is 10.9 Å². The summed E-state index contributed by atoms with van der Waals surface area (Å²) in [6.45, 7) is -1.25. The lowest BCUT2D eigenvalue weighted by Crippen LogP contribution is -2.47. The maximum absolute atomic E-state index is 12.9. The average molecular weight is 376 g/mol. The van der Waals surface area contributed by atoms with Crippen molar-refractivity contribution in [2.24, 2.45) is 12.8 Å². The number of nitrogens with two attached hydrogens (primary N) is 1. The Balaban J connectivity index is 3.21. The zero-order chi connectivity index (χ0) is 19.6. The molecular formula is C12H14F6N4O3. The molecule has 0 aliphatic carbocycles. The molecule has 2 amide bonds. The van der Waals surface area contributed by atoms with Crippen molar-refractivity contribution in [3.8, 4) is 0 Å². The van der Waals surface area contributed by atoms with Gasteiger partial charge in [-0.1, -0.05) is 0 Å². The van der Waals surface area contributed by atoms with E-state index >= 15 is 0 Å². The Kier molecular flexibility index (Phi) is 6.05. The van der Waals surface area contributed by atoms with Gasteiger partial charge < -0.3 is 10.5 Å². The number of halogens is 6. The number of nitrogens with zero attached hydrogens (tertiary/aromatic N) is 3. The third-order valence-electron chi connectivity index (χ3n) is 2.88. The van der Waals surface area contributed by atoms with Crippen LogP contribution in [0.25, 0.3) is 0 Å². The largest absolute Gasteiger partial charge is 0.439 e.